The first-order chi connectivity index (χ1) is 8.36. The number of aliphatic hydroxyl groups excluding tert-OH is 1. The molecule has 0 fully saturated rings. The molecule has 1 amide bonds. The van der Waals surface area contributed by atoms with Crippen LogP contribution in [0.1, 0.15) is 37.6 Å². The van der Waals surface area contributed by atoms with Crippen LogP contribution in [0.3, 0.4) is 0 Å². The highest BCUT2D eigenvalue weighted by Crippen LogP contribution is 2.23. The minimum absolute atomic E-state index is 0.0536. The van der Waals surface area contributed by atoms with E-state index in [1.807, 2.05) is 39.0 Å². The van der Waals surface area contributed by atoms with Crippen LogP contribution < -0.4 is 5.32 Å². The van der Waals surface area contributed by atoms with Crippen molar-refractivity contribution in [2.45, 2.75) is 33.2 Å². The molecule has 0 saturated heterocycles. The van der Waals surface area contributed by atoms with Gasteiger partial charge in [0.15, 0.2) is 0 Å². The summed E-state index contributed by atoms with van der Waals surface area (Å²) in [7, 11) is 0. The SMILES string of the molecule is CC(C)(C)C(CCO)NC(=O)c1ccccc1Br. The van der Waals surface area contributed by atoms with Crippen molar-refractivity contribution >= 4 is 21.8 Å². The van der Waals surface area contributed by atoms with Crippen molar-refractivity contribution in [3.8, 4) is 0 Å². The van der Waals surface area contributed by atoms with E-state index in [1.54, 1.807) is 6.07 Å². The van der Waals surface area contributed by atoms with Crippen LogP contribution in [0.25, 0.3) is 0 Å². The molecule has 0 saturated carbocycles. The summed E-state index contributed by atoms with van der Waals surface area (Å²) in [5.74, 6) is -0.115. The number of rotatable bonds is 4. The minimum atomic E-state index is -0.115. The lowest BCUT2D eigenvalue weighted by Gasteiger charge is -2.31. The third kappa shape index (κ3) is 4.10. The van der Waals surface area contributed by atoms with Crippen LogP contribution in [0.2, 0.25) is 0 Å². The topological polar surface area (TPSA) is 49.3 Å². The van der Waals surface area contributed by atoms with E-state index in [1.165, 1.54) is 0 Å². The van der Waals surface area contributed by atoms with Gasteiger partial charge in [-0.1, -0.05) is 32.9 Å². The van der Waals surface area contributed by atoms with Gasteiger partial charge in [-0.3, -0.25) is 4.79 Å². The van der Waals surface area contributed by atoms with Crippen LogP contribution >= 0.6 is 15.9 Å². The van der Waals surface area contributed by atoms with Gasteiger partial charge in [0.05, 0.1) is 5.56 Å². The number of nitrogens with one attached hydrogen (secondary N) is 1. The summed E-state index contributed by atoms with van der Waals surface area (Å²) in [6, 6.07) is 7.26. The van der Waals surface area contributed by atoms with Crippen LogP contribution in [0.4, 0.5) is 0 Å². The number of hydrogen-bond acceptors (Lipinski definition) is 2. The van der Waals surface area contributed by atoms with E-state index in [0.717, 1.165) is 4.47 Å². The van der Waals surface area contributed by atoms with Crippen molar-refractivity contribution in [1.29, 1.82) is 0 Å². The van der Waals surface area contributed by atoms with Crippen molar-refractivity contribution in [1.82, 2.24) is 5.32 Å². The molecule has 0 aliphatic heterocycles. The Hall–Kier alpha value is -0.870. The molecular weight excluding hydrogens is 294 g/mol. The molecule has 4 heteroatoms. The van der Waals surface area contributed by atoms with Gasteiger partial charge in [-0.15, -0.1) is 0 Å². The highest BCUT2D eigenvalue weighted by Gasteiger charge is 2.26. The molecular formula is C14H20BrNO2. The summed E-state index contributed by atoms with van der Waals surface area (Å²) in [4.78, 5) is 12.2. The second kappa shape index (κ2) is 6.34. The summed E-state index contributed by atoms with van der Waals surface area (Å²) < 4.78 is 0.777. The van der Waals surface area contributed by atoms with E-state index in [0.29, 0.717) is 12.0 Å². The fourth-order valence-corrected chi connectivity index (χ4v) is 2.20. The largest absolute Gasteiger partial charge is 0.396 e. The van der Waals surface area contributed by atoms with Crippen molar-refractivity contribution in [3.05, 3.63) is 34.3 Å². The fraction of sp³-hybridized carbons (Fsp3) is 0.500. The third-order valence-electron chi connectivity index (χ3n) is 2.89. The van der Waals surface area contributed by atoms with E-state index in [4.69, 9.17) is 5.11 Å². The molecule has 1 unspecified atom stereocenters. The molecule has 1 atom stereocenters. The maximum Gasteiger partial charge on any atom is 0.252 e. The maximum absolute atomic E-state index is 12.2. The molecule has 1 rings (SSSR count). The maximum atomic E-state index is 12.2. The Balaban J connectivity index is 2.82. The number of halogens is 1. The Labute approximate surface area is 117 Å². The van der Waals surface area contributed by atoms with Crippen molar-refractivity contribution < 1.29 is 9.90 Å². The fourth-order valence-electron chi connectivity index (χ4n) is 1.73. The molecule has 0 heterocycles. The molecule has 3 nitrogen and oxygen atoms in total. The van der Waals surface area contributed by atoms with Crippen LogP contribution in [-0.4, -0.2) is 23.7 Å². The van der Waals surface area contributed by atoms with Crippen LogP contribution in [0.5, 0.6) is 0 Å². The van der Waals surface area contributed by atoms with Crippen molar-refractivity contribution in [2.75, 3.05) is 6.61 Å². The van der Waals surface area contributed by atoms with E-state index < -0.39 is 0 Å². The quantitative estimate of drug-likeness (QED) is 0.897. The molecule has 18 heavy (non-hydrogen) atoms. The molecule has 0 aliphatic rings. The first kappa shape index (κ1) is 15.2. The Bertz CT molecular complexity index is 413. The molecule has 100 valence electrons. The Morgan fingerprint density at radius 2 is 2.00 bits per heavy atom. The zero-order chi connectivity index (χ0) is 13.8. The standard InChI is InChI=1S/C14H20BrNO2/c1-14(2,3)12(8-9-17)16-13(18)10-6-4-5-7-11(10)15/h4-7,12,17H,8-9H2,1-3H3,(H,16,18). The molecule has 2 N–H and O–H groups in total. The average molecular weight is 314 g/mol. The molecule has 0 radical (unpaired) electrons. The second-order valence-electron chi connectivity index (χ2n) is 5.38. The van der Waals surface area contributed by atoms with E-state index in [2.05, 4.69) is 21.2 Å². The monoisotopic (exact) mass is 313 g/mol. The lowest BCUT2D eigenvalue weighted by Crippen LogP contribution is -2.44. The molecule has 0 bridgehead atoms. The van der Waals surface area contributed by atoms with Gasteiger partial charge in [0.2, 0.25) is 0 Å². The Morgan fingerprint density at radius 3 is 2.50 bits per heavy atom. The molecule has 0 spiro atoms. The zero-order valence-corrected chi connectivity index (χ0v) is 12.6. The summed E-state index contributed by atoms with van der Waals surface area (Å²) in [6.45, 7) is 6.22. The van der Waals surface area contributed by atoms with Gasteiger partial charge in [-0.25, -0.2) is 0 Å². The van der Waals surface area contributed by atoms with Gasteiger partial charge in [0.25, 0.3) is 5.91 Å². The predicted octanol–water partition coefficient (Wildman–Crippen LogP) is 2.98. The summed E-state index contributed by atoms with van der Waals surface area (Å²) in [6.07, 6.45) is 0.555. The zero-order valence-electron chi connectivity index (χ0n) is 11.0. The first-order valence-electron chi connectivity index (χ1n) is 6.02. The van der Waals surface area contributed by atoms with Crippen molar-refractivity contribution in [2.24, 2.45) is 5.41 Å². The Morgan fingerprint density at radius 1 is 1.39 bits per heavy atom. The van der Waals surface area contributed by atoms with Gasteiger partial charge >= 0.3 is 0 Å². The van der Waals surface area contributed by atoms with Crippen molar-refractivity contribution in [3.63, 3.8) is 0 Å². The first-order valence-corrected chi connectivity index (χ1v) is 6.82. The van der Waals surface area contributed by atoms with Gasteiger partial charge in [0.1, 0.15) is 0 Å². The average Bonchev–Trinajstić information content (AvgIpc) is 2.27. The number of aliphatic hydroxyl groups is 1. The Kier molecular flexibility index (Phi) is 5.35. The number of carbonyl (C=O) groups excluding carboxylic acids is 1. The number of benzene rings is 1. The summed E-state index contributed by atoms with van der Waals surface area (Å²) in [5, 5.41) is 12.1. The smallest absolute Gasteiger partial charge is 0.252 e. The normalized spacial score (nSPS) is 13.2. The lowest BCUT2D eigenvalue weighted by atomic mass is 9.85. The van der Waals surface area contributed by atoms with E-state index in [9.17, 15) is 4.79 Å². The van der Waals surface area contributed by atoms with Crippen LogP contribution in [0.15, 0.2) is 28.7 Å². The molecule has 0 aliphatic carbocycles. The lowest BCUT2D eigenvalue weighted by molar-refractivity contribution is 0.0884. The van der Waals surface area contributed by atoms with Gasteiger partial charge in [0, 0.05) is 17.1 Å². The van der Waals surface area contributed by atoms with Gasteiger partial charge in [-0.05, 0) is 39.9 Å². The molecule has 1 aromatic carbocycles. The summed E-state index contributed by atoms with van der Waals surface area (Å²) >= 11 is 3.37. The highest BCUT2D eigenvalue weighted by atomic mass is 79.9. The number of carbonyl (C=O) groups is 1. The van der Waals surface area contributed by atoms with Crippen LogP contribution in [0, 0.1) is 5.41 Å². The van der Waals surface area contributed by atoms with E-state index >= 15 is 0 Å². The predicted molar refractivity (Wildman–Crippen MR) is 76.6 cm³/mol. The summed E-state index contributed by atoms with van der Waals surface area (Å²) in [5.41, 5.74) is 0.532. The van der Waals surface area contributed by atoms with Gasteiger partial charge < -0.3 is 10.4 Å². The second-order valence-corrected chi connectivity index (χ2v) is 6.24. The highest BCUT2D eigenvalue weighted by molar-refractivity contribution is 9.10. The number of hydrogen-bond donors (Lipinski definition) is 2. The number of amides is 1. The molecule has 0 aromatic heterocycles. The van der Waals surface area contributed by atoms with E-state index in [-0.39, 0.29) is 24.0 Å². The van der Waals surface area contributed by atoms with Crippen LogP contribution in [-0.2, 0) is 0 Å². The minimum Gasteiger partial charge on any atom is -0.396 e. The molecule has 1 aromatic rings. The third-order valence-corrected chi connectivity index (χ3v) is 3.58. The van der Waals surface area contributed by atoms with Gasteiger partial charge in [-0.2, -0.15) is 0 Å².